The predicted octanol–water partition coefficient (Wildman–Crippen LogP) is 4.62. The van der Waals surface area contributed by atoms with Crippen LogP contribution in [0.25, 0.3) is 10.9 Å². The summed E-state index contributed by atoms with van der Waals surface area (Å²) >= 11 is 0. The van der Waals surface area contributed by atoms with Gasteiger partial charge in [0.15, 0.2) is 11.5 Å². The third-order valence-electron chi connectivity index (χ3n) is 6.86. The number of likely N-dealkylation sites (N-methyl/N-ethyl adjacent to an activating group) is 1. The number of rotatable bonds is 6. The Morgan fingerprint density at radius 2 is 1.97 bits per heavy atom. The number of hydrogen-bond donors (Lipinski definition) is 2. The van der Waals surface area contributed by atoms with Crippen LogP contribution in [-0.4, -0.2) is 70.8 Å². The molecule has 1 fully saturated rings. The number of hydrogen-bond acceptors (Lipinski definition) is 8. The number of carbonyl (C=O) groups excluding carboxylic acids is 1. The van der Waals surface area contributed by atoms with E-state index in [-0.39, 0.29) is 17.4 Å². The normalized spacial score (nSPS) is 17.4. The molecule has 1 amide bonds. The van der Waals surface area contributed by atoms with Gasteiger partial charge in [-0.05, 0) is 47.7 Å². The van der Waals surface area contributed by atoms with Gasteiger partial charge in [-0.3, -0.25) is 0 Å². The van der Waals surface area contributed by atoms with Gasteiger partial charge in [0.1, 0.15) is 17.5 Å². The largest absolute Gasteiger partial charge is 0.493 e. The summed E-state index contributed by atoms with van der Waals surface area (Å²) < 4.78 is 26.7. The first kappa shape index (κ1) is 27.5. The summed E-state index contributed by atoms with van der Waals surface area (Å²) in [6, 6.07) is 7.85. The van der Waals surface area contributed by atoms with Gasteiger partial charge in [-0.1, -0.05) is 18.2 Å². The van der Waals surface area contributed by atoms with E-state index in [1.54, 1.807) is 56.0 Å². The van der Waals surface area contributed by atoms with Crippen molar-refractivity contribution >= 4 is 22.8 Å². The highest BCUT2D eigenvalue weighted by atomic mass is 19.1. The summed E-state index contributed by atoms with van der Waals surface area (Å²) in [5, 5.41) is 14.3. The van der Waals surface area contributed by atoms with E-state index in [9.17, 15) is 9.90 Å². The van der Waals surface area contributed by atoms with E-state index >= 15 is 4.39 Å². The Balaban J connectivity index is 1.69. The number of methoxy groups -OCH3 is 1. The number of anilines is 1. The van der Waals surface area contributed by atoms with Crippen LogP contribution < -0.4 is 14.8 Å². The van der Waals surface area contributed by atoms with Crippen LogP contribution in [0.3, 0.4) is 0 Å². The summed E-state index contributed by atoms with van der Waals surface area (Å²) in [4.78, 5) is 26.0. The van der Waals surface area contributed by atoms with Crippen molar-refractivity contribution in [3.63, 3.8) is 0 Å². The number of aryl methyl sites for hydroxylation is 1. The highest BCUT2D eigenvalue weighted by molar-refractivity contribution is 5.92. The van der Waals surface area contributed by atoms with Gasteiger partial charge in [-0.15, -0.1) is 0 Å². The molecule has 1 aliphatic rings. The predicted molar refractivity (Wildman–Crippen MR) is 144 cm³/mol. The first-order valence-corrected chi connectivity index (χ1v) is 12.7. The minimum atomic E-state index is -1.32. The second kappa shape index (κ2) is 10.7. The number of piperazine rings is 1. The third kappa shape index (κ3) is 5.66. The first-order valence-electron chi connectivity index (χ1n) is 12.7. The molecule has 4 rings (SSSR count). The lowest BCUT2D eigenvalue weighted by atomic mass is 9.93. The van der Waals surface area contributed by atoms with Gasteiger partial charge in [0.05, 0.1) is 24.3 Å². The van der Waals surface area contributed by atoms with E-state index in [4.69, 9.17) is 9.47 Å². The molecule has 0 saturated carbocycles. The summed E-state index contributed by atoms with van der Waals surface area (Å²) in [5.74, 6) is 1.10. The number of halogens is 1. The minimum Gasteiger partial charge on any atom is -0.493 e. The monoisotopic (exact) mass is 525 g/mol. The molecule has 1 aromatic heterocycles. The van der Waals surface area contributed by atoms with Crippen molar-refractivity contribution in [1.29, 1.82) is 0 Å². The molecule has 0 aliphatic carbocycles. The Morgan fingerprint density at radius 3 is 2.63 bits per heavy atom. The number of amides is 1. The van der Waals surface area contributed by atoms with Crippen molar-refractivity contribution in [2.24, 2.45) is 0 Å². The number of nitrogens with zero attached hydrogens (tertiary/aromatic N) is 4. The highest BCUT2D eigenvalue weighted by Gasteiger charge is 2.29. The summed E-state index contributed by atoms with van der Waals surface area (Å²) in [7, 11) is 3.53. The molecular weight excluding hydrogens is 489 g/mol. The molecule has 38 heavy (non-hydrogen) atoms. The molecule has 1 saturated heterocycles. The molecule has 9 nitrogen and oxygen atoms in total. The SMILES string of the molecule is COc1cc2nc(C)nc(N[C@H](C)c3cccc(C(C)(C)O)c3F)c2cc1OC(=O)N1CCN(C)C[C@H]1C. The van der Waals surface area contributed by atoms with Crippen LogP contribution in [0.2, 0.25) is 0 Å². The molecule has 2 N–H and O–H groups in total. The lowest BCUT2D eigenvalue weighted by Gasteiger charge is -2.37. The standard InChI is InChI=1S/C28H36FN5O4/c1-16-15-33(6)11-12-34(16)27(35)38-24-13-20-22(14-23(24)37-7)31-18(3)32-26(20)30-17(2)19-9-8-10-21(25(19)29)28(4,5)36/h8-10,13-14,16-17,36H,11-12,15H2,1-7H3,(H,30,31,32)/t16-,17-/m1/s1. The van der Waals surface area contributed by atoms with E-state index in [1.165, 1.54) is 7.11 Å². The molecule has 1 aliphatic heterocycles. The maximum Gasteiger partial charge on any atom is 0.415 e. The molecule has 0 radical (unpaired) electrons. The van der Waals surface area contributed by atoms with E-state index in [1.807, 2.05) is 20.9 Å². The molecule has 0 unspecified atom stereocenters. The molecule has 204 valence electrons. The van der Waals surface area contributed by atoms with Gasteiger partial charge in [0.25, 0.3) is 0 Å². The number of nitrogens with one attached hydrogen (secondary N) is 1. The van der Waals surface area contributed by atoms with Gasteiger partial charge in [-0.25, -0.2) is 19.2 Å². The minimum absolute atomic E-state index is 0.00585. The fourth-order valence-corrected chi connectivity index (χ4v) is 4.81. The number of aliphatic hydroxyl groups is 1. The fourth-order valence-electron chi connectivity index (χ4n) is 4.81. The maximum atomic E-state index is 15.3. The van der Waals surface area contributed by atoms with Crippen molar-refractivity contribution < 1.29 is 23.8 Å². The first-order chi connectivity index (χ1) is 17.9. The van der Waals surface area contributed by atoms with Crippen LogP contribution in [0.15, 0.2) is 30.3 Å². The molecular formula is C28H36FN5O4. The van der Waals surface area contributed by atoms with Crippen LogP contribution in [0, 0.1) is 12.7 Å². The second-order valence-electron chi connectivity index (χ2n) is 10.4. The molecule has 10 heteroatoms. The molecule has 0 spiro atoms. The lowest BCUT2D eigenvalue weighted by Crippen LogP contribution is -2.53. The average Bonchev–Trinajstić information content (AvgIpc) is 2.83. The highest BCUT2D eigenvalue weighted by Crippen LogP contribution is 2.36. The van der Waals surface area contributed by atoms with E-state index in [0.29, 0.717) is 40.4 Å². The number of ether oxygens (including phenoxy) is 2. The molecule has 2 heterocycles. The van der Waals surface area contributed by atoms with E-state index in [2.05, 4.69) is 20.2 Å². The molecule has 0 bridgehead atoms. The number of fused-ring (bicyclic) bond motifs is 1. The summed E-state index contributed by atoms with van der Waals surface area (Å²) in [6.07, 6.45) is -0.454. The van der Waals surface area contributed by atoms with Crippen molar-refractivity contribution in [2.75, 3.05) is 39.1 Å². The van der Waals surface area contributed by atoms with Crippen molar-refractivity contribution in [1.82, 2.24) is 19.8 Å². The van der Waals surface area contributed by atoms with Gasteiger partial charge >= 0.3 is 6.09 Å². The summed E-state index contributed by atoms with van der Waals surface area (Å²) in [6.45, 7) is 10.7. The Morgan fingerprint density at radius 1 is 1.24 bits per heavy atom. The Labute approximate surface area is 222 Å². The number of aromatic nitrogens is 2. The van der Waals surface area contributed by atoms with E-state index in [0.717, 1.165) is 13.1 Å². The van der Waals surface area contributed by atoms with Gasteiger partial charge in [0.2, 0.25) is 0 Å². The zero-order valence-electron chi connectivity index (χ0n) is 23.0. The number of carbonyl (C=O) groups is 1. The Hall–Kier alpha value is -3.50. The van der Waals surface area contributed by atoms with Crippen molar-refractivity contribution in [3.05, 3.63) is 53.1 Å². The molecule has 2 aromatic carbocycles. The van der Waals surface area contributed by atoms with Gasteiger partial charge in [0, 0.05) is 48.3 Å². The zero-order valence-corrected chi connectivity index (χ0v) is 23.0. The van der Waals surface area contributed by atoms with Crippen molar-refractivity contribution in [2.45, 2.75) is 52.3 Å². The van der Waals surface area contributed by atoms with Gasteiger partial charge in [-0.2, -0.15) is 0 Å². The third-order valence-corrected chi connectivity index (χ3v) is 6.86. The number of benzene rings is 2. The lowest BCUT2D eigenvalue weighted by molar-refractivity contribution is 0.0743. The zero-order chi connectivity index (χ0) is 27.8. The van der Waals surface area contributed by atoms with Crippen LogP contribution >= 0.6 is 0 Å². The van der Waals surface area contributed by atoms with Gasteiger partial charge < -0.3 is 29.7 Å². The maximum absolute atomic E-state index is 15.3. The van der Waals surface area contributed by atoms with Crippen LogP contribution in [0.4, 0.5) is 15.0 Å². The quantitative estimate of drug-likeness (QED) is 0.481. The fraction of sp³-hybridized carbons (Fsp3) is 0.464. The topological polar surface area (TPSA) is 100 Å². The van der Waals surface area contributed by atoms with Crippen LogP contribution in [0.5, 0.6) is 11.5 Å². The summed E-state index contributed by atoms with van der Waals surface area (Å²) in [5.41, 5.74) is -0.139. The second-order valence-corrected chi connectivity index (χ2v) is 10.4. The van der Waals surface area contributed by atoms with Crippen LogP contribution in [0.1, 0.15) is 50.7 Å². The molecule has 2 atom stereocenters. The smallest absolute Gasteiger partial charge is 0.415 e. The molecule has 3 aromatic rings. The average molecular weight is 526 g/mol. The van der Waals surface area contributed by atoms with Crippen LogP contribution in [-0.2, 0) is 5.60 Å². The van der Waals surface area contributed by atoms with E-state index < -0.39 is 23.6 Å². The Bertz CT molecular complexity index is 1340. The Kier molecular flexibility index (Phi) is 7.75. The van der Waals surface area contributed by atoms with Crippen molar-refractivity contribution in [3.8, 4) is 11.5 Å².